The number of carbonyl (C=O) groups excluding carboxylic acids is 2. The summed E-state index contributed by atoms with van der Waals surface area (Å²) in [5, 5.41) is 6.26. The van der Waals surface area contributed by atoms with Gasteiger partial charge in [-0.3, -0.25) is 9.59 Å². The number of hydrogen-bond acceptors (Lipinski definition) is 2. The van der Waals surface area contributed by atoms with Gasteiger partial charge >= 0.3 is 0 Å². The second kappa shape index (κ2) is 8.50. The third-order valence-corrected chi connectivity index (χ3v) is 3.61. The van der Waals surface area contributed by atoms with Crippen molar-refractivity contribution in [1.29, 1.82) is 0 Å². The number of para-hydroxylation sites is 1. The molecule has 24 heavy (non-hydrogen) atoms. The largest absolute Gasteiger partial charge is 0.352 e. The molecule has 0 aliphatic carbocycles. The van der Waals surface area contributed by atoms with Gasteiger partial charge in [-0.15, -0.1) is 0 Å². The van der Waals surface area contributed by atoms with Gasteiger partial charge in [0.25, 0.3) is 5.91 Å². The van der Waals surface area contributed by atoms with Crippen molar-refractivity contribution in [1.82, 2.24) is 5.32 Å². The van der Waals surface area contributed by atoms with Crippen molar-refractivity contribution in [3.05, 3.63) is 64.7 Å². The molecule has 0 saturated carbocycles. The van der Waals surface area contributed by atoms with Gasteiger partial charge in [0.1, 0.15) is 0 Å². The summed E-state index contributed by atoms with van der Waals surface area (Å²) in [5.41, 5.74) is 1.78. The van der Waals surface area contributed by atoms with Gasteiger partial charge in [0.15, 0.2) is 0 Å². The Kier molecular flexibility index (Phi) is 6.38. The second-order valence-electron chi connectivity index (χ2n) is 6.00. The van der Waals surface area contributed by atoms with E-state index in [0.29, 0.717) is 28.7 Å². The fraction of sp³-hybridized carbons (Fsp3) is 0.263. The van der Waals surface area contributed by atoms with E-state index in [1.165, 1.54) is 0 Å². The lowest BCUT2D eigenvalue weighted by molar-refractivity contribution is -0.115. The van der Waals surface area contributed by atoms with Gasteiger partial charge in [0, 0.05) is 11.6 Å². The van der Waals surface area contributed by atoms with Crippen LogP contribution >= 0.6 is 11.6 Å². The van der Waals surface area contributed by atoms with Crippen LogP contribution in [0.3, 0.4) is 0 Å². The summed E-state index contributed by atoms with van der Waals surface area (Å²) < 4.78 is 0. The Morgan fingerprint density at radius 1 is 1.08 bits per heavy atom. The van der Waals surface area contributed by atoms with E-state index in [2.05, 4.69) is 10.6 Å². The fourth-order valence-corrected chi connectivity index (χ4v) is 2.42. The van der Waals surface area contributed by atoms with Crippen LogP contribution in [0.1, 0.15) is 29.8 Å². The molecule has 0 fully saturated rings. The average Bonchev–Trinajstić information content (AvgIpc) is 2.53. The molecule has 0 aromatic heterocycles. The van der Waals surface area contributed by atoms with Crippen LogP contribution in [0, 0.1) is 5.92 Å². The van der Waals surface area contributed by atoms with Gasteiger partial charge in [-0.2, -0.15) is 0 Å². The Balaban J connectivity index is 2.06. The highest BCUT2D eigenvalue weighted by atomic mass is 35.5. The maximum absolute atomic E-state index is 12.3. The molecule has 0 aliphatic rings. The number of rotatable bonds is 6. The van der Waals surface area contributed by atoms with Crippen LogP contribution in [0.5, 0.6) is 0 Å². The quantitative estimate of drug-likeness (QED) is 0.834. The smallest absolute Gasteiger partial charge is 0.253 e. The van der Waals surface area contributed by atoms with Crippen LogP contribution in [0.25, 0.3) is 0 Å². The molecule has 2 aromatic carbocycles. The zero-order valence-corrected chi connectivity index (χ0v) is 14.6. The standard InChI is InChI=1S/C19H21ClN2O2/c1-13(2)12-21-19(24)16-8-3-4-9-17(16)22-18(23)11-14-6-5-7-15(20)10-14/h3-10,13H,11-12H2,1-2H3,(H,21,24)(H,22,23). The highest BCUT2D eigenvalue weighted by molar-refractivity contribution is 6.30. The molecule has 0 unspecified atom stereocenters. The lowest BCUT2D eigenvalue weighted by atomic mass is 10.1. The molecule has 2 rings (SSSR count). The van der Waals surface area contributed by atoms with Crippen molar-refractivity contribution in [3.8, 4) is 0 Å². The lowest BCUT2D eigenvalue weighted by Gasteiger charge is -2.12. The number of anilines is 1. The molecule has 0 radical (unpaired) electrons. The van der Waals surface area contributed by atoms with Crippen molar-refractivity contribution in [3.63, 3.8) is 0 Å². The van der Waals surface area contributed by atoms with Crippen molar-refractivity contribution >= 4 is 29.1 Å². The molecule has 0 spiro atoms. The Hall–Kier alpha value is -2.33. The number of benzene rings is 2. The van der Waals surface area contributed by atoms with Crippen LogP contribution in [0.4, 0.5) is 5.69 Å². The molecular formula is C19H21ClN2O2. The van der Waals surface area contributed by atoms with Crippen molar-refractivity contribution < 1.29 is 9.59 Å². The van der Waals surface area contributed by atoms with Crippen LogP contribution < -0.4 is 10.6 Å². The predicted octanol–water partition coefficient (Wildman–Crippen LogP) is 3.91. The van der Waals surface area contributed by atoms with Gasteiger partial charge < -0.3 is 10.6 Å². The molecule has 0 heterocycles. The third-order valence-electron chi connectivity index (χ3n) is 3.37. The Bertz CT molecular complexity index is 729. The molecule has 0 aliphatic heterocycles. The zero-order chi connectivity index (χ0) is 17.5. The van der Waals surface area contributed by atoms with Crippen LogP contribution in [-0.2, 0) is 11.2 Å². The minimum absolute atomic E-state index is 0.192. The van der Waals surface area contributed by atoms with E-state index < -0.39 is 0 Å². The van der Waals surface area contributed by atoms with Crippen LogP contribution in [0.2, 0.25) is 5.02 Å². The maximum Gasteiger partial charge on any atom is 0.253 e. The third kappa shape index (κ3) is 5.39. The Labute approximate surface area is 147 Å². The molecule has 2 N–H and O–H groups in total. The molecule has 2 amide bonds. The van der Waals surface area contributed by atoms with Crippen molar-refractivity contribution in [2.24, 2.45) is 5.92 Å². The molecular weight excluding hydrogens is 324 g/mol. The second-order valence-corrected chi connectivity index (χ2v) is 6.44. The summed E-state index contributed by atoms with van der Waals surface area (Å²) in [4.78, 5) is 24.5. The number of hydrogen-bond donors (Lipinski definition) is 2. The van der Waals surface area contributed by atoms with Crippen molar-refractivity contribution in [2.45, 2.75) is 20.3 Å². The van der Waals surface area contributed by atoms with Gasteiger partial charge in [-0.25, -0.2) is 0 Å². The zero-order valence-electron chi connectivity index (χ0n) is 13.8. The SMILES string of the molecule is CC(C)CNC(=O)c1ccccc1NC(=O)Cc1cccc(Cl)c1. The van der Waals surface area contributed by atoms with E-state index in [-0.39, 0.29) is 18.2 Å². The summed E-state index contributed by atoms with van der Waals surface area (Å²) in [7, 11) is 0. The van der Waals surface area contributed by atoms with E-state index in [9.17, 15) is 9.59 Å². The maximum atomic E-state index is 12.3. The fourth-order valence-electron chi connectivity index (χ4n) is 2.21. The van der Waals surface area contributed by atoms with Gasteiger partial charge in [0.2, 0.25) is 5.91 Å². The first-order valence-corrected chi connectivity index (χ1v) is 8.25. The first-order valence-electron chi connectivity index (χ1n) is 7.87. The Morgan fingerprint density at radius 2 is 1.83 bits per heavy atom. The highest BCUT2D eigenvalue weighted by Crippen LogP contribution is 2.16. The minimum atomic E-state index is -0.193. The van der Waals surface area contributed by atoms with Gasteiger partial charge in [-0.1, -0.05) is 49.7 Å². The van der Waals surface area contributed by atoms with Crippen LogP contribution in [0.15, 0.2) is 48.5 Å². The molecule has 2 aromatic rings. The summed E-state index contributed by atoms with van der Waals surface area (Å²) >= 11 is 5.93. The van der Waals surface area contributed by atoms with E-state index in [0.717, 1.165) is 5.56 Å². The summed E-state index contributed by atoms with van der Waals surface area (Å²) in [6, 6.07) is 14.1. The molecule has 126 valence electrons. The topological polar surface area (TPSA) is 58.2 Å². The first kappa shape index (κ1) is 18.0. The van der Waals surface area contributed by atoms with Crippen molar-refractivity contribution in [2.75, 3.05) is 11.9 Å². The molecule has 0 atom stereocenters. The van der Waals surface area contributed by atoms with Gasteiger partial charge in [0.05, 0.1) is 17.7 Å². The Morgan fingerprint density at radius 3 is 2.54 bits per heavy atom. The normalized spacial score (nSPS) is 10.5. The van der Waals surface area contributed by atoms with E-state index >= 15 is 0 Å². The summed E-state index contributed by atoms with van der Waals surface area (Å²) in [6.45, 7) is 4.64. The number of carbonyl (C=O) groups is 2. The number of halogens is 1. The predicted molar refractivity (Wildman–Crippen MR) is 97.4 cm³/mol. The molecule has 0 bridgehead atoms. The average molecular weight is 345 g/mol. The van der Waals surface area contributed by atoms with Crippen LogP contribution in [-0.4, -0.2) is 18.4 Å². The minimum Gasteiger partial charge on any atom is -0.352 e. The van der Waals surface area contributed by atoms with E-state index in [1.54, 1.807) is 42.5 Å². The van der Waals surface area contributed by atoms with Gasteiger partial charge in [-0.05, 0) is 35.7 Å². The highest BCUT2D eigenvalue weighted by Gasteiger charge is 2.13. The first-order chi connectivity index (χ1) is 11.5. The molecule has 0 saturated heterocycles. The lowest BCUT2D eigenvalue weighted by Crippen LogP contribution is -2.28. The van der Waals surface area contributed by atoms with E-state index in [4.69, 9.17) is 11.6 Å². The summed E-state index contributed by atoms with van der Waals surface area (Å²) in [6.07, 6.45) is 0.197. The molecule has 4 nitrogen and oxygen atoms in total. The molecule has 5 heteroatoms. The number of amides is 2. The number of nitrogens with one attached hydrogen (secondary N) is 2. The monoisotopic (exact) mass is 344 g/mol. The van der Waals surface area contributed by atoms with E-state index in [1.807, 2.05) is 19.9 Å². The summed E-state index contributed by atoms with van der Waals surface area (Å²) in [5.74, 6) is -0.0257.